The Morgan fingerprint density at radius 1 is 1.60 bits per heavy atom. The van der Waals surface area contributed by atoms with E-state index in [4.69, 9.17) is 5.11 Å². The predicted molar refractivity (Wildman–Crippen MR) is 46.8 cm³/mol. The highest BCUT2D eigenvalue weighted by atomic mass is 16.6. The Hall–Kier alpha value is -1.85. The van der Waals surface area contributed by atoms with Gasteiger partial charge in [-0.15, -0.1) is 0 Å². The van der Waals surface area contributed by atoms with Crippen LogP contribution < -0.4 is 0 Å². The van der Waals surface area contributed by atoms with Crippen LogP contribution in [0.5, 0.6) is 0 Å². The number of esters is 2. The third-order valence-corrected chi connectivity index (χ3v) is 1.82. The van der Waals surface area contributed by atoms with Crippen molar-refractivity contribution >= 4 is 17.9 Å². The average Bonchev–Trinajstić information content (AvgIpc) is 2.47. The van der Waals surface area contributed by atoms with Crippen molar-refractivity contribution in [3.8, 4) is 0 Å². The van der Waals surface area contributed by atoms with Gasteiger partial charge in [-0.05, 0) is 6.92 Å². The summed E-state index contributed by atoms with van der Waals surface area (Å²) in [5.41, 5.74) is 0.140. The quantitative estimate of drug-likeness (QED) is 0.520. The molecule has 15 heavy (non-hydrogen) atoms. The standard InChI is InChI=1S/C9H10O6/c1-4(2)8(12)15-6-3-5(7(10)11)14-9(6)13/h5-6H,1,3H2,2H3,(H,10,11). The highest BCUT2D eigenvalue weighted by molar-refractivity contribution is 5.91. The summed E-state index contributed by atoms with van der Waals surface area (Å²) in [6.07, 6.45) is -2.54. The van der Waals surface area contributed by atoms with Gasteiger partial charge in [0.2, 0.25) is 12.2 Å². The van der Waals surface area contributed by atoms with Gasteiger partial charge in [-0.2, -0.15) is 0 Å². The Bertz CT molecular complexity index is 331. The Labute approximate surface area is 85.5 Å². The van der Waals surface area contributed by atoms with E-state index >= 15 is 0 Å². The van der Waals surface area contributed by atoms with Crippen molar-refractivity contribution in [1.29, 1.82) is 0 Å². The molecule has 2 unspecified atom stereocenters. The van der Waals surface area contributed by atoms with Crippen LogP contribution in [0, 0.1) is 0 Å². The largest absolute Gasteiger partial charge is 0.479 e. The van der Waals surface area contributed by atoms with Gasteiger partial charge in [0.1, 0.15) is 0 Å². The van der Waals surface area contributed by atoms with E-state index in [-0.39, 0.29) is 12.0 Å². The molecule has 2 atom stereocenters. The second-order valence-electron chi connectivity index (χ2n) is 3.17. The monoisotopic (exact) mass is 214 g/mol. The number of aliphatic carboxylic acids is 1. The fourth-order valence-corrected chi connectivity index (χ4v) is 1.03. The lowest BCUT2D eigenvalue weighted by atomic mass is 10.2. The molecule has 82 valence electrons. The third-order valence-electron chi connectivity index (χ3n) is 1.82. The molecule has 0 aromatic heterocycles. The lowest BCUT2D eigenvalue weighted by Gasteiger charge is -2.06. The van der Waals surface area contributed by atoms with Gasteiger partial charge < -0.3 is 14.6 Å². The van der Waals surface area contributed by atoms with Crippen molar-refractivity contribution in [3.05, 3.63) is 12.2 Å². The van der Waals surface area contributed by atoms with Crippen LogP contribution in [0.3, 0.4) is 0 Å². The van der Waals surface area contributed by atoms with Crippen LogP contribution in [0.4, 0.5) is 0 Å². The maximum atomic E-state index is 11.1. The van der Waals surface area contributed by atoms with Crippen molar-refractivity contribution < 1.29 is 29.0 Å². The molecule has 1 N–H and O–H groups in total. The number of hydrogen-bond acceptors (Lipinski definition) is 5. The molecule has 1 fully saturated rings. The summed E-state index contributed by atoms with van der Waals surface area (Å²) in [4.78, 5) is 32.6. The molecule has 1 aliphatic heterocycles. The van der Waals surface area contributed by atoms with Crippen molar-refractivity contribution in [3.63, 3.8) is 0 Å². The van der Waals surface area contributed by atoms with Gasteiger partial charge in [0.05, 0.1) is 0 Å². The molecule has 0 spiro atoms. The zero-order valence-electron chi connectivity index (χ0n) is 8.06. The minimum Gasteiger partial charge on any atom is -0.479 e. The van der Waals surface area contributed by atoms with E-state index in [1.54, 1.807) is 0 Å². The van der Waals surface area contributed by atoms with Crippen LogP contribution in [0.25, 0.3) is 0 Å². The zero-order valence-corrected chi connectivity index (χ0v) is 8.06. The van der Waals surface area contributed by atoms with E-state index in [1.165, 1.54) is 6.92 Å². The summed E-state index contributed by atoms with van der Waals surface area (Å²) in [6.45, 7) is 4.76. The summed E-state index contributed by atoms with van der Waals surface area (Å²) in [5.74, 6) is -2.82. The second kappa shape index (κ2) is 4.12. The minimum atomic E-state index is -1.25. The molecule has 0 aliphatic carbocycles. The lowest BCUT2D eigenvalue weighted by molar-refractivity contribution is -0.162. The Morgan fingerprint density at radius 2 is 2.20 bits per heavy atom. The van der Waals surface area contributed by atoms with E-state index < -0.39 is 30.1 Å². The van der Waals surface area contributed by atoms with Gasteiger partial charge in [0.15, 0.2) is 0 Å². The normalized spacial score (nSPS) is 24.5. The van der Waals surface area contributed by atoms with Crippen LogP contribution in [0.15, 0.2) is 12.2 Å². The van der Waals surface area contributed by atoms with Gasteiger partial charge in [-0.3, -0.25) is 0 Å². The molecule has 0 radical (unpaired) electrons. The lowest BCUT2D eigenvalue weighted by Crippen LogP contribution is -2.23. The average molecular weight is 214 g/mol. The van der Waals surface area contributed by atoms with Crippen LogP contribution in [0.1, 0.15) is 13.3 Å². The van der Waals surface area contributed by atoms with Gasteiger partial charge >= 0.3 is 17.9 Å². The maximum absolute atomic E-state index is 11.1. The number of hydrogen-bond donors (Lipinski definition) is 1. The van der Waals surface area contributed by atoms with Crippen LogP contribution in [-0.4, -0.2) is 35.2 Å². The fraction of sp³-hybridized carbons (Fsp3) is 0.444. The summed E-state index contributed by atoms with van der Waals surface area (Å²) < 4.78 is 9.16. The molecule has 0 bridgehead atoms. The third kappa shape index (κ3) is 2.55. The second-order valence-corrected chi connectivity index (χ2v) is 3.17. The SMILES string of the molecule is C=C(C)C(=O)OC1CC(C(=O)O)OC1=O. The minimum absolute atomic E-state index is 0.140. The first-order valence-electron chi connectivity index (χ1n) is 4.21. The van der Waals surface area contributed by atoms with Crippen LogP contribution in [-0.2, 0) is 23.9 Å². The molecule has 6 nitrogen and oxygen atoms in total. The number of carboxylic acids is 1. The molecule has 1 rings (SSSR count). The molecule has 0 amide bonds. The number of cyclic esters (lactones) is 1. The fourth-order valence-electron chi connectivity index (χ4n) is 1.03. The first kappa shape index (κ1) is 11.2. The number of carbonyl (C=O) groups is 3. The number of rotatable bonds is 3. The molecule has 0 aromatic rings. The van der Waals surface area contributed by atoms with Crippen molar-refractivity contribution in [2.24, 2.45) is 0 Å². The highest BCUT2D eigenvalue weighted by Crippen LogP contribution is 2.18. The van der Waals surface area contributed by atoms with Gasteiger partial charge in [-0.1, -0.05) is 6.58 Å². The van der Waals surface area contributed by atoms with Gasteiger partial charge in [0.25, 0.3) is 0 Å². The Morgan fingerprint density at radius 3 is 2.60 bits per heavy atom. The zero-order chi connectivity index (χ0) is 11.6. The molecular weight excluding hydrogens is 204 g/mol. The predicted octanol–water partition coefficient (Wildman–Crippen LogP) is -0.126. The molecular formula is C9H10O6. The van der Waals surface area contributed by atoms with Crippen molar-refractivity contribution in [2.45, 2.75) is 25.6 Å². The van der Waals surface area contributed by atoms with Crippen LogP contribution >= 0.6 is 0 Å². The molecule has 1 saturated heterocycles. The van der Waals surface area contributed by atoms with E-state index in [1.807, 2.05) is 0 Å². The van der Waals surface area contributed by atoms with E-state index in [0.717, 1.165) is 0 Å². The van der Waals surface area contributed by atoms with Gasteiger partial charge in [0, 0.05) is 12.0 Å². The summed E-state index contributed by atoms with van der Waals surface area (Å²) in [5, 5.41) is 8.56. The van der Waals surface area contributed by atoms with Crippen molar-refractivity contribution in [1.82, 2.24) is 0 Å². The topological polar surface area (TPSA) is 89.9 Å². The molecule has 6 heteroatoms. The summed E-state index contributed by atoms with van der Waals surface area (Å²) >= 11 is 0. The summed E-state index contributed by atoms with van der Waals surface area (Å²) in [7, 11) is 0. The Balaban J connectivity index is 2.58. The van der Waals surface area contributed by atoms with Crippen LogP contribution in [0.2, 0.25) is 0 Å². The highest BCUT2D eigenvalue weighted by Gasteiger charge is 2.41. The first-order valence-corrected chi connectivity index (χ1v) is 4.21. The van der Waals surface area contributed by atoms with Crippen molar-refractivity contribution in [2.75, 3.05) is 0 Å². The van der Waals surface area contributed by atoms with E-state index in [2.05, 4.69) is 16.1 Å². The number of ether oxygens (including phenoxy) is 2. The molecule has 0 aromatic carbocycles. The van der Waals surface area contributed by atoms with Gasteiger partial charge in [-0.25, -0.2) is 14.4 Å². The molecule has 1 aliphatic rings. The Kier molecular flexibility index (Phi) is 3.08. The molecule has 1 heterocycles. The van der Waals surface area contributed by atoms with E-state index in [9.17, 15) is 14.4 Å². The molecule has 0 saturated carbocycles. The summed E-state index contributed by atoms with van der Waals surface area (Å²) in [6, 6.07) is 0. The van der Waals surface area contributed by atoms with E-state index in [0.29, 0.717) is 0 Å². The number of carboxylic acid groups (broad SMARTS) is 1. The number of carbonyl (C=O) groups excluding carboxylic acids is 2. The maximum Gasteiger partial charge on any atom is 0.348 e. The smallest absolute Gasteiger partial charge is 0.348 e. The first-order chi connectivity index (χ1) is 6.91.